The third-order valence-corrected chi connectivity index (χ3v) is 5.93. The van der Waals surface area contributed by atoms with Crippen LogP contribution in [0.2, 0.25) is 0 Å². The molecule has 0 aromatic rings. The Bertz CT molecular complexity index is 369. The summed E-state index contributed by atoms with van der Waals surface area (Å²) in [4.78, 5) is 26.9. The van der Waals surface area contributed by atoms with Gasteiger partial charge in [0, 0.05) is 11.8 Å². The summed E-state index contributed by atoms with van der Waals surface area (Å²) in [6.45, 7) is 6.82. The average molecular weight is 298 g/mol. The largest absolute Gasteiger partial charge is 0.342 e. The second-order valence-corrected chi connectivity index (χ2v) is 7.33. The van der Waals surface area contributed by atoms with E-state index in [9.17, 15) is 9.59 Å². The summed E-state index contributed by atoms with van der Waals surface area (Å²) in [6, 6.07) is -0.606. The zero-order valence-electron chi connectivity index (χ0n) is 12.7. The van der Waals surface area contributed by atoms with Crippen molar-refractivity contribution in [3.8, 4) is 0 Å². The molecule has 2 aliphatic heterocycles. The molecule has 0 spiro atoms. The highest BCUT2D eigenvalue weighted by Crippen LogP contribution is 2.29. The molecule has 0 radical (unpaired) electrons. The molecular formula is C15H26N2O2S. The van der Waals surface area contributed by atoms with Crippen LogP contribution in [-0.4, -0.2) is 46.3 Å². The number of carbonyl (C=O) groups excluding carboxylic acids is 2. The number of rotatable bonds is 5. The molecule has 2 heterocycles. The fourth-order valence-corrected chi connectivity index (χ4v) is 4.30. The van der Waals surface area contributed by atoms with Crippen LogP contribution in [0.25, 0.3) is 0 Å². The van der Waals surface area contributed by atoms with Gasteiger partial charge in [-0.2, -0.15) is 11.8 Å². The normalized spacial score (nSPS) is 32.4. The molecule has 4 unspecified atom stereocenters. The first-order valence-corrected chi connectivity index (χ1v) is 8.85. The van der Waals surface area contributed by atoms with Crippen molar-refractivity contribution in [2.45, 2.75) is 63.8 Å². The standard InChI is InChI=1S/C15H26N2O2S/c1-4-10(3)13-15(19)17(9-11-7-6-8-20-11)12(5-2)14(18)16-13/h10-13H,4-9H2,1-3H3,(H,16,18). The first-order chi connectivity index (χ1) is 9.58. The number of piperazine rings is 1. The number of hydrogen-bond acceptors (Lipinski definition) is 3. The molecule has 1 N–H and O–H groups in total. The fraction of sp³-hybridized carbons (Fsp3) is 0.867. The molecule has 0 aliphatic carbocycles. The van der Waals surface area contributed by atoms with Crippen LogP contribution in [0.1, 0.15) is 46.5 Å². The Hall–Kier alpha value is -0.710. The van der Waals surface area contributed by atoms with Crippen LogP contribution in [0.4, 0.5) is 0 Å². The van der Waals surface area contributed by atoms with Gasteiger partial charge < -0.3 is 10.2 Å². The lowest BCUT2D eigenvalue weighted by molar-refractivity contribution is -0.150. The highest BCUT2D eigenvalue weighted by atomic mass is 32.2. The third-order valence-electron chi connectivity index (χ3n) is 4.55. The van der Waals surface area contributed by atoms with Crippen LogP contribution >= 0.6 is 11.8 Å². The molecular weight excluding hydrogens is 272 g/mol. The van der Waals surface area contributed by atoms with E-state index in [2.05, 4.69) is 12.2 Å². The van der Waals surface area contributed by atoms with Gasteiger partial charge in [0.2, 0.25) is 11.8 Å². The highest BCUT2D eigenvalue weighted by molar-refractivity contribution is 8.00. The quantitative estimate of drug-likeness (QED) is 0.845. The molecule has 114 valence electrons. The van der Waals surface area contributed by atoms with Gasteiger partial charge in [-0.1, -0.05) is 27.2 Å². The molecule has 0 aromatic heterocycles. The molecule has 20 heavy (non-hydrogen) atoms. The van der Waals surface area contributed by atoms with Gasteiger partial charge in [-0.15, -0.1) is 0 Å². The van der Waals surface area contributed by atoms with Crippen LogP contribution in [-0.2, 0) is 9.59 Å². The van der Waals surface area contributed by atoms with E-state index in [1.165, 1.54) is 18.6 Å². The Morgan fingerprint density at radius 1 is 1.40 bits per heavy atom. The van der Waals surface area contributed by atoms with Gasteiger partial charge in [-0.3, -0.25) is 9.59 Å². The van der Waals surface area contributed by atoms with Crippen molar-refractivity contribution < 1.29 is 9.59 Å². The van der Waals surface area contributed by atoms with E-state index in [1.54, 1.807) is 0 Å². The summed E-state index contributed by atoms with van der Waals surface area (Å²) in [5.74, 6) is 1.53. The number of hydrogen-bond donors (Lipinski definition) is 1. The molecule has 4 nitrogen and oxygen atoms in total. The van der Waals surface area contributed by atoms with Crippen molar-refractivity contribution in [1.82, 2.24) is 10.2 Å². The summed E-state index contributed by atoms with van der Waals surface area (Å²) in [5.41, 5.74) is 0. The van der Waals surface area contributed by atoms with Gasteiger partial charge in [0.15, 0.2) is 0 Å². The first-order valence-electron chi connectivity index (χ1n) is 7.80. The lowest BCUT2D eigenvalue weighted by Gasteiger charge is -2.41. The van der Waals surface area contributed by atoms with Crippen LogP contribution < -0.4 is 5.32 Å². The Morgan fingerprint density at radius 2 is 2.15 bits per heavy atom. The summed E-state index contributed by atoms with van der Waals surface area (Å²) in [5, 5.41) is 3.45. The maximum absolute atomic E-state index is 12.7. The van der Waals surface area contributed by atoms with Gasteiger partial charge in [0.25, 0.3) is 0 Å². The minimum absolute atomic E-state index is 0.0281. The second kappa shape index (κ2) is 6.83. The van der Waals surface area contributed by atoms with Gasteiger partial charge >= 0.3 is 0 Å². The molecule has 0 bridgehead atoms. The molecule has 2 amide bonds. The first kappa shape index (κ1) is 15.7. The maximum atomic E-state index is 12.7. The van der Waals surface area contributed by atoms with Gasteiger partial charge in [0.1, 0.15) is 12.1 Å². The van der Waals surface area contributed by atoms with E-state index in [1.807, 2.05) is 30.5 Å². The number of thioether (sulfide) groups is 1. The predicted molar refractivity (Wildman–Crippen MR) is 82.7 cm³/mol. The number of carbonyl (C=O) groups is 2. The zero-order valence-corrected chi connectivity index (χ0v) is 13.5. The van der Waals surface area contributed by atoms with E-state index in [0.29, 0.717) is 11.7 Å². The smallest absolute Gasteiger partial charge is 0.246 e. The third kappa shape index (κ3) is 3.13. The van der Waals surface area contributed by atoms with Crippen molar-refractivity contribution in [1.29, 1.82) is 0 Å². The summed E-state index contributed by atoms with van der Waals surface area (Å²) in [7, 11) is 0. The molecule has 0 aromatic carbocycles. The molecule has 2 saturated heterocycles. The Morgan fingerprint density at radius 3 is 2.70 bits per heavy atom. The predicted octanol–water partition coefficient (Wildman–Crippen LogP) is 2.03. The summed E-state index contributed by atoms with van der Waals surface area (Å²) < 4.78 is 0. The lowest BCUT2D eigenvalue weighted by atomic mass is 9.93. The average Bonchev–Trinajstić information content (AvgIpc) is 2.95. The SMILES string of the molecule is CCC(C)C1NC(=O)C(CC)N(CC2CCCS2)C1=O. The van der Waals surface area contributed by atoms with E-state index in [0.717, 1.165) is 13.0 Å². The van der Waals surface area contributed by atoms with Crippen molar-refractivity contribution in [3.63, 3.8) is 0 Å². The summed E-state index contributed by atoms with van der Waals surface area (Å²) >= 11 is 1.94. The Kier molecular flexibility index (Phi) is 5.35. The molecule has 4 atom stereocenters. The van der Waals surface area contributed by atoms with Crippen LogP contribution in [0.15, 0.2) is 0 Å². The van der Waals surface area contributed by atoms with E-state index < -0.39 is 0 Å². The number of nitrogens with one attached hydrogen (secondary N) is 1. The lowest BCUT2D eigenvalue weighted by Crippen LogP contribution is -2.65. The van der Waals surface area contributed by atoms with E-state index >= 15 is 0 Å². The molecule has 2 aliphatic rings. The Balaban J connectivity index is 2.13. The minimum atomic E-state index is -0.332. The van der Waals surface area contributed by atoms with Crippen LogP contribution in [0, 0.1) is 5.92 Å². The zero-order chi connectivity index (χ0) is 14.7. The van der Waals surface area contributed by atoms with Crippen molar-refractivity contribution in [3.05, 3.63) is 0 Å². The van der Waals surface area contributed by atoms with Crippen LogP contribution in [0.5, 0.6) is 0 Å². The van der Waals surface area contributed by atoms with Gasteiger partial charge in [0.05, 0.1) is 0 Å². The molecule has 2 fully saturated rings. The molecule has 5 heteroatoms. The molecule has 2 rings (SSSR count). The number of nitrogens with zero attached hydrogens (tertiary/aromatic N) is 1. The minimum Gasteiger partial charge on any atom is -0.342 e. The van der Waals surface area contributed by atoms with E-state index in [4.69, 9.17) is 0 Å². The highest BCUT2D eigenvalue weighted by Gasteiger charge is 2.42. The van der Waals surface area contributed by atoms with Crippen molar-refractivity contribution in [2.75, 3.05) is 12.3 Å². The monoisotopic (exact) mass is 298 g/mol. The maximum Gasteiger partial charge on any atom is 0.246 e. The second-order valence-electron chi connectivity index (χ2n) is 5.92. The fourth-order valence-electron chi connectivity index (χ4n) is 3.04. The number of amides is 2. The Labute approximate surface area is 126 Å². The van der Waals surface area contributed by atoms with Crippen LogP contribution in [0.3, 0.4) is 0 Å². The topological polar surface area (TPSA) is 49.4 Å². The summed E-state index contributed by atoms with van der Waals surface area (Å²) in [6.07, 6.45) is 4.00. The molecule has 0 saturated carbocycles. The van der Waals surface area contributed by atoms with Crippen molar-refractivity contribution >= 4 is 23.6 Å². The van der Waals surface area contributed by atoms with E-state index in [-0.39, 0.29) is 29.8 Å². The van der Waals surface area contributed by atoms with Gasteiger partial charge in [-0.05, 0) is 30.9 Å². The van der Waals surface area contributed by atoms with Crippen molar-refractivity contribution in [2.24, 2.45) is 5.92 Å². The van der Waals surface area contributed by atoms with Gasteiger partial charge in [-0.25, -0.2) is 0 Å².